The maximum Gasteiger partial charge on any atom is 0.101 e. The van der Waals surface area contributed by atoms with Gasteiger partial charge in [-0.15, -0.1) is 0 Å². The van der Waals surface area contributed by atoms with Gasteiger partial charge in [-0.2, -0.15) is 5.26 Å². The third kappa shape index (κ3) is 6.24. The molecule has 1 aromatic carbocycles. The molecule has 0 radical (unpaired) electrons. The van der Waals surface area contributed by atoms with Gasteiger partial charge in [0.25, 0.3) is 0 Å². The molecule has 0 N–H and O–H groups in total. The van der Waals surface area contributed by atoms with E-state index in [1.54, 1.807) is 0 Å². The zero-order valence-electron chi connectivity index (χ0n) is 15.9. The number of nitriles is 1. The first-order chi connectivity index (χ1) is 12.3. The molecule has 0 saturated heterocycles. The molecule has 2 nitrogen and oxygen atoms in total. The van der Waals surface area contributed by atoms with Crippen LogP contribution in [0.1, 0.15) is 88.7 Å². The lowest BCUT2D eigenvalue weighted by molar-refractivity contribution is 0.0555. The van der Waals surface area contributed by atoms with Crippen molar-refractivity contribution >= 4 is 0 Å². The van der Waals surface area contributed by atoms with Crippen LogP contribution in [0.3, 0.4) is 0 Å². The normalized spacial score (nSPS) is 21.8. The molecule has 2 heteroatoms. The fourth-order valence-electron chi connectivity index (χ4n) is 3.90. The van der Waals surface area contributed by atoms with Crippen molar-refractivity contribution in [2.24, 2.45) is 5.92 Å². The first-order valence-corrected chi connectivity index (χ1v) is 10.1. The molecule has 2 rings (SSSR count). The molecule has 1 fully saturated rings. The molecule has 0 aliphatic heterocycles. The minimum atomic E-state index is 0.379. The molecule has 0 heterocycles. The van der Waals surface area contributed by atoms with Gasteiger partial charge >= 0.3 is 0 Å². The molecule has 0 amide bonds. The molecular formula is C23H33NO. The molecule has 0 bridgehead atoms. The van der Waals surface area contributed by atoms with Gasteiger partial charge in [-0.1, -0.05) is 38.8 Å². The topological polar surface area (TPSA) is 33.0 Å². The zero-order chi connectivity index (χ0) is 17.9. The fraction of sp³-hybridized carbons (Fsp3) is 0.609. The third-order valence-corrected chi connectivity index (χ3v) is 5.46. The van der Waals surface area contributed by atoms with E-state index in [4.69, 9.17) is 10.00 Å². The first kappa shape index (κ1) is 19.6. The average molecular weight is 340 g/mol. The van der Waals surface area contributed by atoms with Crippen LogP contribution < -0.4 is 0 Å². The summed E-state index contributed by atoms with van der Waals surface area (Å²) in [5.41, 5.74) is 2.15. The Bertz CT molecular complexity index is 546. The van der Waals surface area contributed by atoms with Gasteiger partial charge in [0, 0.05) is 0 Å². The summed E-state index contributed by atoms with van der Waals surface area (Å²) < 4.78 is 6.12. The SMILES string of the molecule is CCCCC=COC(CCC)C1CCC(c2ccc(C#N)cc2)CC1. The second-order valence-corrected chi connectivity index (χ2v) is 7.32. The highest BCUT2D eigenvalue weighted by Crippen LogP contribution is 2.38. The number of nitrogens with zero attached hydrogens (tertiary/aromatic N) is 1. The molecule has 1 atom stereocenters. The summed E-state index contributed by atoms with van der Waals surface area (Å²) in [6, 6.07) is 10.4. The van der Waals surface area contributed by atoms with Gasteiger partial charge in [0.15, 0.2) is 0 Å². The Labute approximate surface area is 153 Å². The Morgan fingerprint density at radius 3 is 2.44 bits per heavy atom. The minimum Gasteiger partial charge on any atom is -0.498 e. The molecule has 0 aromatic heterocycles. The summed E-state index contributed by atoms with van der Waals surface area (Å²) in [6.07, 6.45) is 15.4. The Kier molecular flexibility index (Phi) is 8.60. The van der Waals surface area contributed by atoms with Crippen molar-refractivity contribution < 1.29 is 4.74 Å². The van der Waals surface area contributed by atoms with Crippen molar-refractivity contribution in [3.05, 3.63) is 47.7 Å². The summed E-state index contributed by atoms with van der Waals surface area (Å²) in [7, 11) is 0. The van der Waals surface area contributed by atoms with Gasteiger partial charge in [-0.3, -0.25) is 0 Å². The predicted molar refractivity (Wildman–Crippen MR) is 104 cm³/mol. The van der Waals surface area contributed by atoms with E-state index in [1.807, 2.05) is 18.4 Å². The smallest absolute Gasteiger partial charge is 0.101 e. The van der Waals surface area contributed by atoms with Crippen molar-refractivity contribution in [2.45, 2.75) is 83.7 Å². The average Bonchev–Trinajstić information content (AvgIpc) is 2.67. The molecule has 1 aliphatic rings. The van der Waals surface area contributed by atoms with E-state index in [1.165, 1.54) is 50.5 Å². The second kappa shape index (κ2) is 11.0. The number of benzene rings is 1. The second-order valence-electron chi connectivity index (χ2n) is 7.32. The molecule has 1 aliphatic carbocycles. The van der Waals surface area contributed by atoms with E-state index in [2.05, 4.69) is 38.1 Å². The van der Waals surface area contributed by atoms with Gasteiger partial charge in [0.05, 0.1) is 17.9 Å². The van der Waals surface area contributed by atoms with Crippen molar-refractivity contribution in [1.82, 2.24) is 0 Å². The summed E-state index contributed by atoms with van der Waals surface area (Å²) in [5.74, 6) is 1.33. The van der Waals surface area contributed by atoms with Crippen molar-refractivity contribution in [1.29, 1.82) is 5.26 Å². The number of unbranched alkanes of at least 4 members (excludes halogenated alkanes) is 2. The quantitative estimate of drug-likeness (QED) is 0.369. The summed E-state index contributed by atoms with van der Waals surface area (Å²) in [6.45, 7) is 4.47. The summed E-state index contributed by atoms with van der Waals surface area (Å²) >= 11 is 0. The van der Waals surface area contributed by atoms with E-state index >= 15 is 0 Å². The first-order valence-electron chi connectivity index (χ1n) is 10.1. The van der Waals surface area contributed by atoms with E-state index in [9.17, 15) is 0 Å². The van der Waals surface area contributed by atoms with Crippen LogP contribution >= 0.6 is 0 Å². The molecule has 1 aromatic rings. The van der Waals surface area contributed by atoms with Gasteiger partial charge in [0.1, 0.15) is 6.10 Å². The maximum atomic E-state index is 8.93. The van der Waals surface area contributed by atoms with Crippen molar-refractivity contribution in [3.63, 3.8) is 0 Å². The Morgan fingerprint density at radius 1 is 1.12 bits per heavy atom. The number of hydrogen-bond donors (Lipinski definition) is 0. The number of hydrogen-bond acceptors (Lipinski definition) is 2. The van der Waals surface area contributed by atoms with Gasteiger partial charge in [-0.05, 0) is 80.6 Å². The Balaban J connectivity index is 1.84. The molecule has 136 valence electrons. The van der Waals surface area contributed by atoms with Gasteiger partial charge in [-0.25, -0.2) is 0 Å². The van der Waals surface area contributed by atoms with Crippen molar-refractivity contribution in [3.8, 4) is 6.07 Å². The highest BCUT2D eigenvalue weighted by Gasteiger charge is 2.28. The number of allylic oxidation sites excluding steroid dienone is 1. The Morgan fingerprint density at radius 2 is 1.84 bits per heavy atom. The lowest BCUT2D eigenvalue weighted by Gasteiger charge is -2.33. The van der Waals surface area contributed by atoms with E-state index in [0.717, 1.165) is 18.4 Å². The van der Waals surface area contributed by atoms with Crippen LogP contribution in [0.2, 0.25) is 0 Å². The van der Waals surface area contributed by atoms with Crippen LogP contribution in [-0.2, 0) is 4.74 Å². The van der Waals surface area contributed by atoms with Crippen LogP contribution in [0.15, 0.2) is 36.6 Å². The predicted octanol–water partition coefficient (Wildman–Crippen LogP) is 6.72. The highest BCUT2D eigenvalue weighted by molar-refractivity contribution is 5.33. The number of rotatable bonds is 9. The van der Waals surface area contributed by atoms with Crippen molar-refractivity contribution in [2.75, 3.05) is 0 Å². The minimum absolute atomic E-state index is 0.379. The van der Waals surface area contributed by atoms with Crippen LogP contribution in [-0.4, -0.2) is 6.10 Å². The lowest BCUT2D eigenvalue weighted by atomic mass is 9.76. The molecule has 0 spiro atoms. The van der Waals surface area contributed by atoms with E-state index < -0.39 is 0 Å². The van der Waals surface area contributed by atoms with Crippen LogP contribution in [0, 0.1) is 17.2 Å². The van der Waals surface area contributed by atoms with Gasteiger partial charge in [0.2, 0.25) is 0 Å². The lowest BCUT2D eigenvalue weighted by Crippen LogP contribution is -2.26. The molecule has 1 unspecified atom stereocenters. The van der Waals surface area contributed by atoms with Gasteiger partial charge < -0.3 is 4.74 Å². The van der Waals surface area contributed by atoms with Crippen LogP contribution in [0.25, 0.3) is 0 Å². The highest BCUT2D eigenvalue weighted by atomic mass is 16.5. The monoisotopic (exact) mass is 339 g/mol. The standard InChI is InChI=1S/C23H33NO/c1-3-5-6-7-17-25-23(8-4-2)22-15-13-21(14-16-22)20-11-9-19(18-24)10-12-20/h7,9-12,17,21-23H,3-6,8,13-16H2,1-2H3. The fourth-order valence-corrected chi connectivity index (χ4v) is 3.90. The molecular weight excluding hydrogens is 306 g/mol. The number of ether oxygens (including phenoxy) is 1. The van der Waals surface area contributed by atoms with Crippen LogP contribution in [0.5, 0.6) is 0 Å². The summed E-state index contributed by atoms with van der Waals surface area (Å²) in [5, 5.41) is 8.93. The summed E-state index contributed by atoms with van der Waals surface area (Å²) in [4.78, 5) is 0. The largest absolute Gasteiger partial charge is 0.498 e. The Hall–Kier alpha value is -1.75. The van der Waals surface area contributed by atoms with E-state index in [0.29, 0.717) is 17.9 Å². The zero-order valence-corrected chi connectivity index (χ0v) is 15.9. The maximum absolute atomic E-state index is 8.93. The molecule has 1 saturated carbocycles. The van der Waals surface area contributed by atoms with Crippen LogP contribution in [0.4, 0.5) is 0 Å². The van der Waals surface area contributed by atoms with E-state index in [-0.39, 0.29) is 0 Å². The molecule has 25 heavy (non-hydrogen) atoms. The third-order valence-electron chi connectivity index (χ3n) is 5.46.